The molecule has 0 saturated carbocycles. The normalized spacial score (nSPS) is 11.2. The van der Waals surface area contributed by atoms with E-state index in [1.807, 2.05) is 73.7 Å². The first kappa shape index (κ1) is 19.9. The third-order valence-corrected chi connectivity index (χ3v) is 7.18. The Kier molecular flexibility index (Phi) is 6.63. The van der Waals surface area contributed by atoms with Gasteiger partial charge in [0.25, 0.3) is 0 Å². The summed E-state index contributed by atoms with van der Waals surface area (Å²) < 4.78 is 35.4. The fraction of sp³-hybridized carbons (Fsp3) is 0.0526. The SMILES string of the molecule is Cc1ccc(S(=O)(=O)[O-])c(P(c2ccccc2)c2ccccc2)c1.[Li+]. The second-order valence-electron chi connectivity index (χ2n) is 5.43. The predicted octanol–water partition coefficient (Wildman–Crippen LogP) is -0.339. The number of rotatable bonds is 4. The Labute approximate surface area is 161 Å². The minimum Gasteiger partial charge on any atom is -0.744 e. The average Bonchev–Trinajstić information content (AvgIpc) is 2.56. The van der Waals surface area contributed by atoms with Gasteiger partial charge in [-0.3, -0.25) is 0 Å². The molecule has 0 atom stereocenters. The van der Waals surface area contributed by atoms with E-state index in [-0.39, 0.29) is 23.8 Å². The van der Waals surface area contributed by atoms with Crippen molar-refractivity contribution in [1.82, 2.24) is 0 Å². The number of hydrogen-bond acceptors (Lipinski definition) is 3. The van der Waals surface area contributed by atoms with Gasteiger partial charge in [-0.25, -0.2) is 8.42 Å². The van der Waals surface area contributed by atoms with Crippen LogP contribution in [0, 0.1) is 6.92 Å². The average molecular weight is 362 g/mol. The Morgan fingerprint density at radius 1 is 0.800 bits per heavy atom. The number of benzene rings is 3. The van der Waals surface area contributed by atoms with Gasteiger partial charge >= 0.3 is 18.9 Å². The topological polar surface area (TPSA) is 57.2 Å². The van der Waals surface area contributed by atoms with Crippen molar-refractivity contribution in [1.29, 1.82) is 0 Å². The van der Waals surface area contributed by atoms with Crippen molar-refractivity contribution in [3.05, 3.63) is 84.4 Å². The molecule has 0 aliphatic carbocycles. The van der Waals surface area contributed by atoms with E-state index in [9.17, 15) is 13.0 Å². The molecule has 0 spiro atoms. The maximum absolute atomic E-state index is 11.8. The van der Waals surface area contributed by atoms with Crippen molar-refractivity contribution in [3.63, 3.8) is 0 Å². The summed E-state index contributed by atoms with van der Waals surface area (Å²) in [6.45, 7) is 1.90. The summed E-state index contributed by atoms with van der Waals surface area (Å²) in [5.74, 6) is 0. The molecule has 0 amide bonds. The zero-order valence-corrected chi connectivity index (χ0v) is 15.8. The van der Waals surface area contributed by atoms with E-state index in [0.29, 0.717) is 5.30 Å². The predicted molar refractivity (Wildman–Crippen MR) is 97.8 cm³/mol. The Morgan fingerprint density at radius 3 is 1.72 bits per heavy atom. The summed E-state index contributed by atoms with van der Waals surface area (Å²) in [7, 11) is -5.67. The molecule has 0 heterocycles. The fourth-order valence-corrected chi connectivity index (χ4v) is 6.18. The van der Waals surface area contributed by atoms with E-state index in [4.69, 9.17) is 0 Å². The van der Waals surface area contributed by atoms with Gasteiger partial charge in [-0.05, 0) is 37.6 Å². The molecule has 0 aromatic heterocycles. The molecule has 3 rings (SSSR count). The quantitative estimate of drug-likeness (QED) is 0.363. The third kappa shape index (κ3) is 4.61. The summed E-state index contributed by atoms with van der Waals surface area (Å²) in [4.78, 5) is -0.132. The van der Waals surface area contributed by atoms with Crippen molar-refractivity contribution >= 4 is 34.0 Å². The molecule has 3 aromatic carbocycles. The van der Waals surface area contributed by atoms with Crippen LogP contribution in [0.1, 0.15) is 5.56 Å². The zero-order chi connectivity index (χ0) is 17.2. The standard InChI is InChI=1S/C19H17O3PS.Li/c1-15-12-13-19(24(20,21)22)18(14-15)23(16-8-4-2-5-9-16)17-10-6-3-7-11-17;/h2-14H,1H3,(H,20,21,22);/q;+1/p-1. The number of aryl methyl sites for hydroxylation is 1. The van der Waals surface area contributed by atoms with Gasteiger partial charge in [0.1, 0.15) is 10.1 Å². The first-order chi connectivity index (χ1) is 11.5. The van der Waals surface area contributed by atoms with Crippen molar-refractivity contribution in [3.8, 4) is 0 Å². The fourth-order valence-electron chi connectivity index (χ4n) is 2.59. The van der Waals surface area contributed by atoms with E-state index < -0.39 is 18.0 Å². The van der Waals surface area contributed by atoms with Crippen LogP contribution < -0.4 is 34.8 Å². The molecular formula is C19H16LiO3PS. The van der Waals surface area contributed by atoms with Gasteiger partial charge in [0.15, 0.2) is 0 Å². The van der Waals surface area contributed by atoms with Crippen molar-refractivity contribution in [2.75, 3.05) is 0 Å². The molecule has 6 heteroatoms. The maximum Gasteiger partial charge on any atom is 1.00 e. The molecule has 0 N–H and O–H groups in total. The van der Waals surface area contributed by atoms with Crippen LogP contribution in [0.2, 0.25) is 0 Å². The third-order valence-electron chi connectivity index (χ3n) is 3.65. The summed E-state index contributed by atoms with van der Waals surface area (Å²) in [6.07, 6.45) is 0. The molecule has 3 aromatic rings. The Balaban J connectivity index is 0.00000225. The van der Waals surface area contributed by atoms with Crippen LogP contribution in [0.25, 0.3) is 0 Å². The molecule has 0 fully saturated rings. The van der Waals surface area contributed by atoms with Gasteiger partial charge in [0, 0.05) is 5.30 Å². The van der Waals surface area contributed by atoms with Gasteiger partial charge in [-0.15, -0.1) is 0 Å². The summed E-state index contributed by atoms with van der Waals surface area (Å²) in [5, 5.41) is 2.60. The van der Waals surface area contributed by atoms with Gasteiger partial charge in [-0.1, -0.05) is 72.3 Å². The minimum atomic E-state index is -4.55. The van der Waals surface area contributed by atoms with E-state index in [1.54, 1.807) is 6.07 Å². The smallest absolute Gasteiger partial charge is 0.744 e. The number of hydrogen-bond donors (Lipinski definition) is 0. The van der Waals surface area contributed by atoms with Crippen molar-refractivity contribution in [2.24, 2.45) is 0 Å². The minimum absolute atomic E-state index is 0. The molecule has 0 unspecified atom stereocenters. The van der Waals surface area contributed by atoms with Gasteiger partial charge in [-0.2, -0.15) is 0 Å². The van der Waals surface area contributed by atoms with Crippen LogP contribution in [0.3, 0.4) is 0 Å². The van der Waals surface area contributed by atoms with Crippen LogP contribution in [-0.2, 0) is 10.1 Å². The second-order valence-corrected chi connectivity index (χ2v) is 8.97. The molecule has 0 aliphatic heterocycles. The Morgan fingerprint density at radius 2 is 1.28 bits per heavy atom. The largest absolute Gasteiger partial charge is 1.00 e. The monoisotopic (exact) mass is 362 g/mol. The summed E-state index contributed by atoms with van der Waals surface area (Å²) in [6, 6.07) is 24.3. The van der Waals surface area contributed by atoms with Crippen LogP contribution in [0.15, 0.2) is 83.8 Å². The van der Waals surface area contributed by atoms with Crippen LogP contribution in [0.5, 0.6) is 0 Å². The van der Waals surface area contributed by atoms with E-state index in [1.165, 1.54) is 6.07 Å². The van der Waals surface area contributed by atoms with Crippen LogP contribution in [0.4, 0.5) is 0 Å². The molecule has 0 aliphatic rings. The molecule has 0 bridgehead atoms. The van der Waals surface area contributed by atoms with Gasteiger partial charge < -0.3 is 4.55 Å². The van der Waals surface area contributed by atoms with Crippen LogP contribution in [-0.4, -0.2) is 13.0 Å². The molecule has 0 radical (unpaired) electrons. The molecule has 25 heavy (non-hydrogen) atoms. The zero-order valence-electron chi connectivity index (χ0n) is 14.1. The molecule has 3 nitrogen and oxygen atoms in total. The first-order valence-electron chi connectivity index (χ1n) is 7.43. The van der Waals surface area contributed by atoms with E-state index >= 15 is 0 Å². The summed E-state index contributed by atoms with van der Waals surface area (Å²) >= 11 is 0. The molecule has 122 valence electrons. The molecular weight excluding hydrogens is 346 g/mol. The second kappa shape index (κ2) is 8.32. The Hall–Kier alpha value is -1.40. The van der Waals surface area contributed by atoms with Crippen LogP contribution >= 0.6 is 7.92 Å². The maximum atomic E-state index is 11.8. The molecule has 0 saturated heterocycles. The van der Waals surface area contributed by atoms with E-state index in [0.717, 1.165) is 16.2 Å². The summed E-state index contributed by atoms with van der Waals surface area (Å²) in [5.41, 5.74) is 0.928. The van der Waals surface area contributed by atoms with E-state index in [2.05, 4.69) is 0 Å². The van der Waals surface area contributed by atoms with Gasteiger partial charge in [0.05, 0.1) is 4.90 Å². The first-order valence-corrected chi connectivity index (χ1v) is 10.2. The van der Waals surface area contributed by atoms with Crippen molar-refractivity contribution < 1.29 is 31.8 Å². The Bertz CT molecular complexity index is 905. The van der Waals surface area contributed by atoms with Gasteiger partial charge in [0.2, 0.25) is 0 Å². The van der Waals surface area contributed by atoms with Crippen molar-refractivity contribution in [2.45, 2.75) is 11.8 Å².